The van der Waals surface area contributed by atoms with Crippen molar-refractivity contribution in [1.82, 2.24) is 10.2 Å². The fourth-order valence-corrected chi connectivity index (χ4v) is 3.20. The minimum absolute atomic E-state index is 0.170. The van der Waals surface area contributed by atoms with Gasteiger partial charge in [-0.1, -0.05) is 6.92 Å². The Kier molecular flexibility index (Phi) is 4.85. The monoisotopic (exact) mass is 268 g/mol. The predicted molar refractivity (Wildman–Crippen MR) is 76.0 cm³/mol. The lowest BCUT2D eigenvalue weighted by atomic mass is 9.82. The van der Waals surface area contributed by atoms with Crippen molar-refractivity contribution in [2.24, 2.45) is 11.3 Å². The van der Waals surface area contributed by atoms with Crippen LogP contribution in [0, 0.1) is 11.3 Å². The van der Waals surface area contributed by atoms with Gasteiger partial charge in [0.2, 0.25) is 5.91 Å². The quantitative estimate of drug-likeness (QED) is 0.763. The van der Waals surface area contributed by atoms with Crippen LogP contribution in [0.1, 0.15) is 39.5 Å². The Bertz CT molecular complexity index is 309. The topological polar surface area (TPSA) is 41.6 Å². The van der Waals surface area contributed by atoms with E-state index in [0.29, 0.717) is 24.5 Å². The van der Waals surface area contributed by atoms with E-state index in [1.54, 1.807) is 7.11 Å². The third kappa shape index (κ3) is 3.11. The second-order valence-corrected chi connectivity index (χ2v) is 6.13. The van der Waals surface area contributed by atoms with Gasteiger partial charge in [-0.3, -0.25) is 4.79 Å². The number of amides is 1. The zero-order valence-electron chi connectivity index (χ0n) is 12.6. The number of nitrogens with zero attached hydrogens (tertiary/aromatic N) is 1. The number of carbonyl (C=O) groups excluding carboxylic acids is 1. The average molecular weight is 268 g/mol. The standard InChI is InChI=1S/C15H28N2O2/c1-4-15(7-8-16-11-15)14(18)17(9-10-19-3)12(2)13-5-6-13/h12-13,16H,4-11H2,1-3H3. The third-order valence-corrected chi connectivity index (χ3v) is 4.97. The fraction of sp³-hybridized carbons (Fsp3) is 0.933. The summed E-state index contributed by atoms with van der Waals surface area (Å²) in [4.78, 5) is 15.1. The number of carbonyl (C=O) groups is 1. The van der Waals surface area contributed by atoms with Gasteiger partial charge in [-0.2, -0.15) is 0 Å². The Balaban J connectivity index is 2.08. The summed E-state index contributed by atoms with van der Waals surface area (Å²) >= 11 is 0. The molecular weight excluding hydrogens is 240 g/mol. The van der Waals surface area contributed by atoms with Gasteiger partial charge in [0.25, 0.3) is 0 Å². The van der Waals surface area contributed by atoms with Crippen molar-refractivity contribution in [3.05, 3.63) is 0 Å². The summed E-state index contributed by atoms with van der Waals surface area (Å²) < 4.78 is 5.19. The molecule has 2 aliphatic rings. The highest BCUT2D eigenvalue weighted by Crippen LogP contribution is 2.38. The molecule has 0 radical (unpaired) electrons. The van der Waals surface area contributed by atoms with Crippen LogP contribution in [0.4, 0.5) is 0 Å². The normalized spacial score (nSPS) is 28.4. The molecule has 19 heavy (non-hydrogen) atoms. The van der Waals surface area contributed by atoms with E-state index in [2.05, 4.69) is 24.1 Å². The lowest BCUT2D eigenvalue weighted by molar-refractivity contribution is -0.144. The van der Waals surface area contributed by atoms with E-state index in [0.717, 1.165) is 32.5 Å². The molecule has 1 saturated carbocycles. The Hall–Kier alpha value is -0.610. The Morgan fingerprint density at radius 3 is 2.74 bits per heavy atom. The number of nitrogens with one attached hydrogen (secondary N) is 1. The van der Waals surface area contributed by atoms with Crippen LogP contribution in [0.25, 0.3) is 0 Å². The molecule has 0 aromatic rings. The van der Waals surface area contributed by atoms with Crippen molar-refractivity contribution in [3.8, 4) is 0 Å². The molecule has 2 fully saturated rings. The van der Waals surface area contributed by atoms with Crippen LogP contribution < -0.4 is 5.32 Å². The van der Waals surface area contributed by atoms with Crippen LogP contribution in [-0.2, 0) is 9.53 Å². The summed E-state index contributed by atoms with van der Waals surface area (Å²) in [6, 6.07) is 0.367. The van der Waals surface area contributed by atoms with Gasteiger partial charge in [0.15, 0.2) is 0 Å². The molecule has 1 heterocycles. The maximum atomic E-state index is 13.0. The highest BCUT2D eigenvalue weighted by atomic mass is 16.5. The molecule has 4 heteroatoms. The molecule has 1 saturated heterocycles. The van der Waals surface area contributed by atoms with Crippen molar-refractivity contribution in [3.63, 3.8) is 0 Å². The van der Waals surface area contributed by atoms with Crippen molar-refractivity contribution in [2.75, 3.05) is 33.4 Å². The molecule has 1 amide bonds. The molecular formula is C15H28N2O2. The summed E-state index contributed by atoms with van der Waals surface area (Å²) in [7, 11) is 1.71. The summed E-state index contributed by atoms with van der Waals surface area (Å²) in [6.07, 6.45) is 4.45. The van der Waals surface area contributed by atoms with E-state index >= 15 is 0 Å². The summed E-state index contributed by atoms with van der Waals surface area (Å²) in [5.41, 5.74) is -0.170. The van der Waals surface area contributed by atoms with Crippen molar-refractivity contribution < 1.29 is 9.53 Å². The molecule has 1 N–H and O–H groups in total. The van der Waals surface area contributed by atoms with Crippen molar-refractivity contribution in [1.29, 1.82) is 0 Å². The Morgan fingerprint density at radius 2 is 2.26 bits per heavy atom. The smallest absolute Gasteiger partial charge is 0.230 e. The second-order valence-electron chi connectivity index (χ2n) is 6.13. The van der Waals surface area contributed by atoms with E-state index < -0.39 is 0 Å². The molecule has 0 bridgehead atoms. The molecule has 110 valence electrons. The molecule has 4 nitrogen and oxygen atoms in total. The number of hydrogen-bond acceptors (Lipinski definition) is 3. The summed E-state index contributed by atoms with van der Waals surface area (Å²) in [6.45, 7) is 7.52. The first-order valence-corrected chi connectivity index (χ1v) is 7.65. The fourth-order valence-electron chi connectivity index (χ4n) is 3.20. The van der Waals surface area contributed by atoms with Gasteiger partial charge in [0, 0.05) is 26.2 Å². The maximum Gasteiger partial charge on any atom is 0.230 e. The van der Waals surface area contributed by atoms with Gasteiger partial charge in [-0.15, -0.1) is 0 Å². The zero-order chi connectivity index (χ0) is 13.9. The summed E-state index contributed by atoms with van der Waals surface area (Å²) in [5.74, 6) is 1.06. The first-order chi connectivity index (χ1) is 9.14. The molecule has 1 aliphatic carbocycles. The highest BCUT2D eigenvalue weighted by molar-refractivity contribution is 5.83. The molecule has 0 aromatic carbocycles. The number of hydrogen-bond donors (Lipinski definition) is 1. The van der Waals surface area contributed by atoms with Crippen molar-refractivity contribution in [2.45, 2.75) is 45.6 Å². The summed E-state index contributed by atoms with van der Waals surface area (Å²) in [5, 5.41) is 3.36. The minimum Gasteiger partial charge on any atom is -0.383 e. The van der Waals surface area contributed by atoms with Crippen LogP contribution >= 0.6 is 0 Å². The van der Waals surface area contributed by atoms with Gasteiger partial charge in [0.05, 0.1) is 12.0 Å². The molecule has 2 unspecified atom stereocenters. The average Bonchev–Trinajstić information content (AvgIpc) is 3.16. The van der Waals surface area contributed by atoms with E-state index in [-0.39, 0.29) is 5.41 Å². The number of methoxy groups -OCH3 is 1. The van der Waals surface area contributed by atoms with Gasteiger partial charge >= 0.3 is 0 Å². The molecule has 2 atom stereocenters. The Morgan fingerprint density at radius 1 is 1.53 bits per heavy atom. The lowest BCUT2D eigenvalue weighted by Crippen LogP contribution is -2.50. The van der Waals surface area contributed by atoms with E-state index in [9.17, 15) is 4.79 Å². The minimum atomic E-state index is -0.170. The van der Waals surface area contributed by atoms with Gasteiger partial charge < -0.3 is 15.0 Å². The molecule has 0 spiro atoms. The molecule has 0 aromatic heterocycles. The highest BCUT2D eigenvalue weighted by Gasteiger charge is 2.45. The van der Waals surface area contributed by atoms with Gasteiger partial charge in [-0.05, 0) is 45.1 Å². The number of ether oxygens (including phenoxy) is 1. The van der Waals surface area contributed by atoms with Crippen LogP contribution in [0.3, 0.4) is 0 Å². The zero-order valence-corrected chi connectivity index (χ0v) is 12.6. The van der Waals surface area contributed by atoms with Gasteiger partial charge in [0.1, 0.15) is 0 Å². The van der Waals surface area contributed by atoms with E-state index in [1.807, 2.05) is 0 Å². The van der Waals surface area contributed by atoms with Crippen LogP contribution in [0.2, 0.25) is 0 Å². The van der Waals surface area contributed by atoms with Crippen molar-refractivity contribution >= 4 is 5.91 Å². The largest absolute Gasteiger partial charge is 0.383 e. The first-order valence-electron chi connectivity index (χ1n) is 7.65. The SMILES string of the molecule is CCC1(C(=O)N(CCOC)C(C)C2CC2)CCNC1. The third-order valence-electron chi connectivity index (χ3n) is 4.97. The predicted octanol–water partition coefficient (Wildman–Crippen LogP) is 1.65. The van der Waals surface area contributed by atoms with Gasteiger partial charge in [-0.25, -0.2) is 0 Å². The van der Waals surface area contributed by atoms with E-state index in [1.165, 1.54) is 12.8 Å². The maximum absolute atomic E-state index is 13.0. The Labute approximate surface area is 116 Å². The van der Waals surface area contributed by atoms with Crippen LogP contribution in [0.15, 0.2) is 0 Å². The first kappa shape index (κ1) is 14.8. The molecule has 1 aliphatic heterocycles. The second kappa shape index (κ2) is 6.23. The molecule has 2 rings (SSSR count). The number of rotatable bonds is 7. The van der Waals surface area contributed by atoms with Crippen LogP contribution in [0.5, 0.6) is 0 Å². The lowest BCUT2D eigenvalue weighted by Gasteiger charge is -2.37. The van der Waals surface area contributed by atoms with E-state index in [4.69, 9.17) is 4.74 Å². The van der Waals surface area contributed by atoms with Crippen LogP contribution in [-0.4, -0.2) is 50.2 Å².